The fraction of sp³-hybridized carbons (Fsp3) is 0.714. The van der Waals surface area contributed by atoms with Gasteiger partial charge in [0.05, 0.1) is 5.69 Å². The number of nitrogens with zero attached hydrogens (tertiary/aromatic N) is 3. The van der Waals surface area contributed by atoms with E-state index >= 15 is 0 Å². The average molecular weight is 157 g/mol. The maximum Gasteiger partial charge on any atom is 0.255 e. The minimum atomic E-state index is -0.443. The Morgan fingerprint density at radius 1 is 1.55 bits per heavy atom. The Bertz CT molecular complexity index is 242. The van der Waals surface area contributed by atoms with Crippen molar-refractivity contribution >= 4 is 0 Å². The Balaban J connectivity index is 3.05. The number of hydrogen-bond donors (Lipinski definition) is 0. The Kier molecular flexibility index (Phi) is 2.22. The number of rotatable bonds is 2. The first-order valence-corrected chi connectivity index (χ1v) is 3.76. The van der Waals surface area contributed by atoms with Gasteiger partial charge in [-0.25, -0.2) is 4.68 Å². The summed E-state index contributed by atoms with van der Waals surface area (Å²) >= 11 is 0. The lowest BCUT2D eigenvalue weighted by Gasteiger charge is -2.06. The standard InChI is InChI=1S/C7H12FN3/c1-4-6-7(8)9-10-11(6)5(2)3/h5H,4H2,1-3H3. The molecule has 0 aromatic carbocycles. The summed E-state index contributed by atoms with van der Waals surface area (Å²) in [5, 5.41) is 7.03. The number of aromatic nitrogens is 3. The monoisotopic (exact) mass is 157 g/mol. The Labute approximate surface area is 65.2 Å². The first kappa shape index (κ1) is 8.17. The fourth-order valence-corrected chi connectivity index (χ4v) is 1.02. The van der Waals surface area contributed by atoms with Crippen molar-refractivity contribution in [3.05, 3.63) is 11.6 Å². The van der Waals surface area contributed by atoms with E-state index < -0.39 is 5.95 Å². The Hall–Kier alpha value is -0.930. The molecule has 1 heterocycles. The maximum atomic E-state index is 12.8. The predicted molar refractivity (Wildman–Crippen MR) is 39.7 cm³/mol. The molecule has 0 fully saturated rings. The highest BCUT2D eigenvalue weighted by molar-refractivity contribution is 4.97. The van der Waals surface area contributed by atoms with Gasteiger partial charge in [0.25, 0.3) is 5.95 Å². The molecule has 0 atom stereocenters. The summed E-state index contributed by atoms with van der Waals surface area (Å²) in [6, 6.07) is 0.182. The van der Waals surface area contributed by atoms with Gasteiger partial charge in [-0.05, 0) is 20.3 Å². The van der Waals surface area contributed by atoms with Crippen molar-refractivity contribution in [1.82, 2.24) is 15.0 Å². The van der Waals surface area contributed by atoms with Crippen LogP contribution in [0.2, 0.25) is 0 Å². The van der Waals surface area contributed by atoms with Gasteiger partial charge >= 0.3 is 0 Å². The summed E-state index contributed by atoms with van der Waals surface area (Å²) in [5.74, 6) is -0.443. The molecule has 0 saturated carbocycles. The lowest BCUT2D eigenvalue weighted by atomic mass is 10.3. The average Bonchev–Trinajstić information content (AvgIpc) is 2.30. The van der Waals surface area contributed by atoms with Crippen LogP contribution in [0.5, 0.6) is 0 Å². The van der Waals surface area contributed by atoms with Crippen LogP contribution in [0.1, 0.15) is 32.5 Å². The fourth-order valence-electron chi connectivity index (χ4n) is 1.02. The molecule has 1 aromatic heterocycles. The van der Waals surface area contributed by atoms with Crippen molar-refractivity contribution in [3.8, 4) is 0 Å². The van der Waals surface area contributed by atoms with E-state index in [1.54, 1.807) is 4.68 Å². The molecule has 1 rings (SSSR count). The Morgan fingerprint density at radius 2 is 2.18 bits per heavy atom. The second kappa shape index (κ2) is 2.98. The third-order valence-electron chi connectivity index (χ3n) is 1.57. The van der Waals surface area contributed by atoms with Crippen LogP contribution in [0.25, 0.3) is 0 Å². The van der Waals surface area contributed by atoms with Crippen molar-refractivity contribution in [1.29, 1.82) is 0 Å². The van der Waals surface area contributed by atoms with Crippen LogP contribution in [0, 0.1) is 5.95 Å². The van der Waals surface area contributed by atoms with Crippen molar-refractivity contribution in [2.75, 3.05) is 0 Å². The van der Waals surface area contributed by atoms with E-state index in [0.717, 1.165) is 0 Å². The van der Waals surface area contributed by atoms with Crippen LogP contribution in [0.3, 0.4) is 0 Å². The smallest absolute Gasteiger partial charge is 0.244 e. The molecule has 0 aliphatic carbocycles. The Morgan fingerprint density at radius 3 is 2.55 bits per heavy atom. The molecule has 62 valence electrons. The van der Waals surface area contributed by atoms with Gasteiger partial charge in [0.1, 0.15) is 0 Å². The molecule has 1 aromatic rings. The molecule has 0 bridgehead atoms. The summed E-state index contributed by atoms with van der Waals surface area (Å²) in [4.78, 5) is 0. The van der Waals surface area contributed by atoms with E-state index in [4.69, 9.17) is 0 Å². The van der Waals surface area contributed by atoms with E-state index in [9.17, 15) is 4.39 Å². The second-order valence-corrected chi connectivity index (χ2v) is 2.72. The zero-order valence-corrected chi connectivity index (χ0v) is 7.00. The summed E-state index contributed by atoms with van der Waals surface area (Å²) in [5.41, 5.74) is 0.583. The van der Waals surface area contributed by atoms with E-state index in [2.05, 4.69) is 10.3 Å². The second-order valence-electron chi connectivity index (χ2n) is 2.72. The topological polar surface area (TPSA) is 30.7 Å². The molecule has 0 unspecified atom stereocenters. The lowest BCUT2D eigenvalue weighted by Crippen LogP contribution is -2.07. The van der Waals surface area contributed by atoms with Crippen LogP contribution in [0.4, 0.5) is 4.39 Å². The molecule has 0 radical (unpaired) electrons. The molecular formula is C7H12FN3. The summed E-state index contributed by atoms with van der Waals surface area (Å²) in [7, 11) is 0. The predicted octanol–water partition coefficient (Wildman–Crippen LogP) is 1.56. The van der Waals surface area contributed by atoms with Crippen LogP contribution in [-0.4, -0.2) is 15.0 Å². The third kappa shape index (κ3) is 1.39. The van der Waals surface area contributed by atoms with E-state index in [-0.39, 0.29) is 6.04 Å². The highest BCUT2D eigenvalue weighted by Gasteiger charge is 2.11. The van der Waals surface area contributed by atoms with Gasteiger partial charge in [-0.1, -0.05) is 17.2 Å². The molecule has 0 aliphatic rings. The molecule has 11 heavy (non-hydrogen) atoms. The van der Waals surface area contributed by atoms with E-state index in [0.29, 0.717) is 12.1 Å². The zero-order chi connectivity index (χ0) is 8.43. The summed E-state index contributed by atoms with van der Waals surface area (Å²) < 4.78 is 14.4. The van der Waals surface area contributed by atoms with Gasteiger partial charge < -0.3 is 0 Å². The highest BCUT2D eigenvalue weighted by Crippen LogP contribution is 2.09. The van der Waals surface area contributed by atoms with Crippen molar-refractivity contribution < 1.29 is 4.39 Å². The first-order chi connectivity index (χ1) is 5.16. The van der Waals surface area contributed by atoms with E-state index in [1.165, 1.54) is 0 Å². The van der Waals surface area contributed by atoms with Crippen LogP contribution in [-0.2, 0) is 6.42 Å². The number of hydrogen-bond acceptors (Lipinski definition) is 2. The normalized spacial score (nSPS) is 11.0. The molecule has 0 spiro atoms. The van der Waals surface area contributed by atoms with Crippen molar-refractivity contribution in [2.24, 2.45) is 0 Å². The first-order valence-electron chi connectivity index (χ1n) is 3.76. The van der Waals surface area contributed by atoms with E-state index in [1.807, 2.05) is 20.8 Å². The van der Waals surface area contributed by atoms with Gasteiger partial charge in [-0.2, -0.15) is 4.39 Å². The molecule has 0 N–H and O–H groups in total. The summed E-state index contributed by atoms with van der Waals surface area (Å²) in [6.07, 6.45) is 0.636. The van der Waals surface area contributed by atoms with Crippen molar-refractivity contribution in [2.45, 2.75) is 33.2 Å². The van der Waals surface area contributed by atoms with Crippen LogP contribution in [0.15, 0.2) is 0 Å². The van der Waals surface area contributed by atoms with Gasteiger partial charge in [0, 0.05) is 6.04 Å². The molecule has 0 aliphatic heterocycles. The van der Waals surface area contributed by atoms with Gasteiger partial charge in [0.15, 0.2) is 0 Å². The van der Waals surface area contributed by atoms with Gasteiger partial charge in [-0.15, -0.1) is 0 Å². The van der Waals surface area contributed by atoms with Gasteiger partial charge in [0.2, 0.25) is 0 Å². The zero-order valence-electron chi connectivity index (χ0n) is 7.00. The molecule has 3 nitrogen and oxygen atoms in total. The molecule has 4 heteroatoms. The SMILES string of the molecule is CCc1c(F)nnn1C(C)C. The van der Waals surface area contributed by atoms with Crippen LogP contribution < -0.4 is 0 Å². The minimum Gasteiger partial charge on any atom is -0.244 e. The lowest BCUT2D eigenvalue weighted by molar-refractivity contribution is 0.494. The molecule has 0 amide bonds. The third-order valence-corrected chi connectivity index (χ3v) is 1.57. The highest BCUT2D eigenvalue weighted by atomic mass is 19.1. The van der Waals surface area contributed by atoms with Gasteiger partial charge in [-0.3, -0.25) is 0 Å². The minimum absolute atomic E-state index is 0.182. The van der Waals surface area contributed by atoms with Crippen molar-refractivity contribution in [3.63, 3.8) is 0 Å². The van der Waals surface area contributed by atoms with Crippen LogP contribution >= 0.6 is 0 Å². The molecule has 0 saturated heterocycles. The largest absolute Gasteiger partial charge is 0.255 e. The summed E-state index contributed by atoms with van der Waals surface area (Å²) in [6.45, 7) is 5.79. The molecular weight excluding hydrogens is 145 g/mol. The maximum absolute atomic E-state index is 12.8. The quantitative estimate of drug-likeness (QED) is 0.652. The number of halogens is 1.